The van der Waals surface area contributed by atoms with E-state index in [1.165, 1.54) is 44.5 Å². The first-order chi connectivity index (χ1) is 18.7. The van der Waals surface area contributed by atoms with Crippen molar-refractivity contribution < 1.29 is 4.74 Å². The van der Waals surface area contributed by atoms with Gasteiger partial charge in [0.1, 0.15) is 5.75 Å². The number of benzene rings is 4. The summed E-state index contributed by atoms with van der Waals surface area (Å²) in [5.74, 6) is 2.28. The second-order valence-corrected chi connectivity index (χ2v) is 11.1. The number of nitrogens with zero attached hydrogens (tertiary/aromatic N) is 2. The first kappa shape index (κ1) is 23.4. The van der Waals surface area contributed by atoms with Crippen molar-refractivity contribution in [3.05, 3.63) is 109 Å². The zero-order chi connectivity index (χ0) is 25.9. The average Bonchev–Trinajstić information content (AvgIpc) is 3.50. The van der Waals surface area contributed by atoms with Gasteiger partial charge in [-0.15, -0.1) is 6.58 Å². The molecule has 0 bridgehead atoms. The second-order valence-electron chi connectivity index (χ2n) is 11.1. The molecule has 2 fully saturated rings. The molecule has 4 unspecified atom stereocenters. The lowest BCUT2D eigenvalue weighted by molar-refractivity contribution is 0.172. The Bertz CT molecular complexity index is 1640. The highest BCUT2D eigenvalue weighted by atomic mass is 16.5. The zero-order valence-corrected chi connectivity index (χ0v) is 22.2. The maximum absolute atomic E-state index is 5.58. The molecule has 1 aromatic heterocycles. The van der Waals surface area contributed by atoms with Crippen molar-refractivity contribution in [2.24, 2.45) is 17.3 Å². The molecule has 190 valence electrons. The molecule has 1 aliphatic heterocycles. The minimum atomic E-state index is 0.170. The molecule has 0 spiro atoms. The molecule has 2 aliphatic rings. The first-order valence-electron chi connectivity index (χ1n) is 13.9. The van der Waals surface area contributed by atoms with Crippen LogP contribution in [0, 0.1) is 17.3 Å². The summed E-state index contributed by atoms with van der Waals surface area (Å²) in [5.41, 5.74) is 3.98. The maximum Gasteiger partial charge on any atom is 0.119 e. The molecule has 1 saturated carbocycles. The summed E-state index contributed by atoms with van der Waals surface area (Å²) in [4.78, 5) is 7.42. The molecule has 0 amide bonds. The van der Waals surface area contributed by atoms with Crippen LogP contribution in [0.5, 0.6) is 5.75 Å². The molecular weight excluding hydrogens is 464 g/mol. The highest BCUT2D eigenvalue weighted by molar-refractivity contribution is 6.02. The normalized spacial score (nSPS) is 24.6. The lowest BCUT2D eigenvalue weighted by Crippen LogP contribution is -2.39. The molecule has 1 aliphatic carbocycles. The molecule has 2 heterocycles. The fraction of sp³-hybridized carbons (Fsp3) is 0.286. The Hall–Kier alpha value is -3.69. The van der Waals surface area contributed by atoms with Crippen molar-refractivity contribution in [2.45, 2.75) is 32.4 Å². The molecule has 0 N–H and O–H groups in total. The van der Waals surface area contributed by atoms with Crippen LogP contribution in [0.2, 0.25) is 0 Å². The van der Waals surface area contributed by atoms with Gasteiger partial charge in [0.15, 0.2) is 0 Å². The van der Waals surface area contributed by atoms with Crippen molar-refractivity contribution >= 4 is 32.4 Å². The lowest BCUT2D eigenvalue weighted by Gasteiger charge is -2.34. The number of fused-ring (bicyclic) bond motifs is 4. The van der Waals surface area contributed by atoms with Gasteiger partial charge in [0.25, 0.3) is 0 Å². The molecule has 5 aromatic rings. The molecular formula is C35H34N2O. The fourth-order valence-corrected chi connectivity index (χ4v) is 7.80. The van der Waals surface area contributed by atoms with Crippen LogP contribution in [0.25, 0.3) is 32.4 Å². The van der Waals surface area contributed by atoms with Crippen LogP contribution in [-0.2, 0) is 13.0 Å². The van der Waals surface area contributed by atoms with Gasteiger partial charge in [0, 0.05) is 36.1 Å². The van der Waals surface area contributed by atoms with Gasteiger partial charge in [-0.05, 0) is 81.3 Å². The molecule has 38 heavy (non-hydrogen) atoms. The van der Waals surface area contributed by atoms with Crippen LogP contribution in [0.15, 0.2) is 97.7 Å². The number of pyridine rings is 1. The minimum Gasteiger partial charge on any atom is -0.497 e. The number of methoxy groups -OCH3 is 1. The summed E-state index contributed by atoms with van der Waals surface area (Å²) >= 11 is 0. The van der Waals surface area contributed by atoms with E-state index in [2.05, 4.69) is 102 Å². The Kier molecular flexibility index (Phi) is 5.52. The van der Waals surface area contributed by atoms with Crippen LogP contribution < -0.4 is 4.74 Å². The zero-order valence-electron chi connectivity index (χ0n) is 22.2. The van der Waals surface area contributed by atoms with Gasteiger partial charge in [-0.25, -0.2) is 0 Å². The van der Waals surface area contributed by atoms with E-state index < -0.39 is 0 Å². The highest BCUT2D eigenvalue weighted by Gasteiger charge is 2.70. The number of ether oxygens (including phenoxy) is 1. The van der Waals surface area contributed by atoms with Crippen LogP contribution in [0.1, 0.15) is 24.5 Å². The third kappa shape index (κ3) is 3.41. The van der Waals surface area contributed by atoms with Gasteiger partial charge in [-0.3, -0.25) is 9.88 Å². The largest absolute Gasteiger partial charge is 0.497 e. The third-order valence-corrected chi connectivity index (χ3v) is 9.60. The minimum absolute atomic E-state index is 0.170. The van der Waals surface area contributed by atoms with Gasteiger partial charge >= 0.3 is 0 Å². The maximum atomic E-state index is 5.58. The summed E-state index contributed by atoms with van der Waals surface area (Å²) in [6.45, 7) is 8.84. The van der Waals surface area contributed by atoms with E-state index in [4.69, 9.17) is 4.74 Å². The van der Waals surface area contributed by atoms with Crippen molar-refractivity contribution in [1.82, 2.24) is 9.88 Å². The first-order valence-corrected chi connectivity index (χ1v) is 13.9. The highest BCUT2D eigenvalue weighted by Crippen LogP contribution is 2.69. The Morgan fingerprint density at radius 2 is 1.71 bits per heavy atom. The summed E-state index contributed by atoms with van der Waals surface area (Å²) in [6, 6.07) is 28.9. The predicted octanol–water partition coefficient (Wildman–Crippen LogP) is 7.81. The molecule has 1 saturated heterocycles. The Morgan fingerprint density at radius 1 is 0.974 bits per heavy atom. The number of hydrogen-bond donors (Lipinski definition) is 0. The summed E-state index contributed by atoms with van der Waals surface area (Å²) in [6.07, 6.45) is 6.46. The van der Waals surface area contributed by atoms with E-state index in [1.54, 1.807) is 7.11 Å². The monoisotopic (exact) mass is 498 g/mol. The third-order valence-electron chi connectivity index (χ3n) is 9.60. The molecule has 0 radical (unpaired) electrons. The molecule has 7 rings (SSSR count). The van der Waals surface area contributed by atoms with E-state index >= 15 is 0 Å². The number of piperidine rings is 1. The van der Waals surface area contributed by atoms with E-state index in [1.807, 2.05) is 12.3 Å². The summed E-state index contributed by atoms with van der Waals surface area (Å²) < 4.78 is 5.58. The molecule has 3 nitrogen and oxygen atoms in total. The van der Waals surface area contributed by atoms with Crippen molar-refractivity contribution in [3.63, 3.8) is 0 Å². The Labute approximate surface area is 224 Å². The summed E-state index contributed by atoms with van der Waals surface area (Å²) in [7, 11) is 1.73. The van der Waals surface area contributed by atoms with Crippen LogP contribution in [0.3, 0.4) is 0 Å². The predicted molar refractivity (Wildman–Crippen MR) is 158 cm³/mol. The van der Waals surface area contributed by atoms with Crippen LogP contribution in [-0.4, -0.2) is 29.6 Å². The van der Waals surface area contributed by atoms with E-state index in [-0.39, 0.29) is 5.41 Å². The van der Waals surface area contributed by atoms with Crippen LogP contribution in [0.4, 0.5) is 0 Å². The smallest absolute Gasteiger partial charge is 0.119 e. The van der Waals surface area contributed by atoms with Gasteiger partial charge in [-0.2, -0.15) is 0 Å². The van der Waals surface area contributed by atoms with E-state index in [9.17, 15) is 0 Å². The van der Waals surface area contributed by atoms with Crippen molar-refractivity contribution in [1.29, 1.82) is 0 Å². The van der Waals surface area contributed by atoms with Crippen molar-refractivity contribution in [3.8, 4) is 5.75 Å². The quantitative estimate of drug-likeness (QED) is 0.169. The molecule has 4 atom stereocenters. The number of rotatable bonds is 7. The number of likely N-dealkylation sites (tertiary alicyclic amines) is 1. The van der Waals surface area contributed by atoms with Gasteiger partial charge in [0.05, 0.1) is 12.6 Å². The average molecular weight is 499 g/mol. The lowest BCUT2D eigenvalue weighted by atomic mass is 9.86. The van der Waals surface area contributed by atoms with E-state index in [0.29, 0.717) is 17.9 Å². The SMILES string of the molecule is C=CC12C(CC)C1CN(Cc1c3ccccc3cc3ccccc13)C2Cc1ccnc2ccc(OC)cc12. The van der Waals surface area contributed by atoms with Crippen LogP contribution >= 0.6 is 0 Å². The second kappa shape index (κ2) is 8.96. The van der Waals surface area contributed by atoms with E-state index in [0.717, 1.165) is 30.8 Å². The molecule has 3 heteroatoms. The number of hydrogen-bond acceptors (Lipinski definition) is 3. The Balaban J connectivity index is 1.34. The summed E-state index contributed by atoms with van der Waals surface area (Å²) in [5, 5.41) is 6.56. The van der Waals surface area contributed by atoms with Gasteiger partial charge in [0.2, 0.25) is 0 Å². The Morgan fingerprint density at radius 3 is 2.39 bits per heavy atom. The topological polar surface area (TPSA) is 25.4 Å². The fourth-order valence-electron chi connectivity index (χ4n) is 7.80. The standard InChI is InChI=1S/C35H34N2O/c1-4-31-32-22-37(21-30-27-12-8-6-10-23(27)18-24-11-7-9-13-28(24)30)34(35(31,32)5-2)19-25-16-17-36-33-15-14-26(38-3)20-29(25)33/h5-18,20,31-32,34H,2,4,19,21-22H2,1,3H3. The van der Waals surface area contributed by atoms with Crippen molar-refractivity contribution in [2.75, 3.05) is 13.7 Å². The number of aromatic nitrogens is 1. The van der Waals surface area contributed by atoms with Gasteiger partial charge in [-0.1, -0.05) is 68.0 Å². The van der Waals surface area contributed by atoms with Gasteiger partial charge < -0.3 is 4.74 Å². The molecule has 4 aromatic carbocycles.